The van der Waals surface area contributed by atoms with Gasteiger partial charge < -0.3 is 15.6 Å². The summed E-state index contributed by atoms with van der Waals surface area (Å²) in [7, 11) is 0. The lowest BCUT2D eigenvalue weighted by Gasteiger charge is -2.31. The smallest absolute Gasteiger partial charge is 0.227 e. The monoisotopic (exact) mass is 352 g/mol. The van der Waals surface area contributed by atoms with E-state index in [1.165, 1.54) is 0 Å². The number of likely N-dealkylation sites (N-methyl/N-ethyl adjacent to an activating group) is 1. The van der Waals surface area contributed by atoms with Crippen molar-refractivity contribution in [3.63, 3.8) is 0 Å². The Bertz CT molecular complexity index is 761. The molecule has 1 amide bonds. The second-order valence-electron chi connectivity index (χ2n) is 6.02. The average Bonchev–Trinajstić information content (AvgIpc) is 2.65. The van der Waals surface area contributed by atoms with Crippen LogP contribution in [-0.4, -0.2) is 19.0 Å². The van der Waals surface area contributed by atoms with Crippen LogP contribution in [0.25, 0.3) is 5.70 Å². The van der Waals surface area contributed by atoms with Crippen molar-refractivity contribution >= 4 is 17.3 Å². The SMILES string of the molecule is C=C/C1=C(C=C)/C(NCC)=C(/NN)c2ccccc2N(C(=O)CCC)C1. The molecule has 0 saturated heterocycles. The summed E-state index contributed by atoms with van der Waals surface area (Å²) in [6.45, 7) is 13.1. The van der Waals surface area contributed by atoms with Crippen LogP contribution in [0.2, 0.25) is 0 Å². The Morgan fingerprint density at radius 1 is 1.23 bits per heavy atom. The third-order valence-corrected chi connectivity index (χ3v) is 4.37. The Morgan fingerprint density at radius 2 is 1.96 bits per heavy atom. The first-order chi connectivity index (χ1) is 12.6. The van der Waals surface area contributed by atoms with E-state index in [9.17, 15) is 4.79 Å². The molecular formula is C21H28N4O. The molecule has 2 rings (SSSR count). The molecule has 26 heavy (non-hydrogen) atoms. The highest BCUT2D eigenvalue weighted by molar-refractivity contribution is 5.98. The number of amides is 1. The fraction of sp³-hybridized carbons (Fsp3) is 0.286. The molecule has 0 bridgehead atoms. The fourth-order valence-corrected chi connectivity index (χ4v) is 3.18. The Labute approximate surface area is 155 Å². The molecule has 4 N–H and O–H groups in total. The van der Waals surface area contributed by atoms with Crippen molar-refractivity contribution in [1.82, 2.24) is 10.7 Å². The zero-order chi connectivity index (χ0) is 19.1. The summed E-state index contributed by atoms with van der Waals surface area (Å²) in [6, 6.07) is 7.78. The van der Waals surface area contributed by atoms with E-state index in [1.807, 2.05) is 38.1 Å². The molecular weight excluding hydrogens is 324 g/mol. The van der Waals surface area contributed by atoms with E-state index in [4.69, 9.17) is 5.84 Å². The topological polar surface area (TPSA) is 70.4 Å². The van der Waals surface area contributed by atoms with E-state index in [0.29, 0.717) is 13.0 Å². The van der Waals surface area contributed by atoms with Gasteiger partial charge in [-0.25, -0.2) is 0 Å². The van der Waals surface area contributed by atoms with Gasteiger partial charge in [-0.3, -0.25) is 10.6 Å². The molecule has 5 nitrogen and oxygen atoms in total. The van der Waals surface area contributed by atoms with E-state index in [2.05, 4.69) is 23.9 Å². The number of benzene rings is 1. The van der Waals surface area contributed by atoms with E-state index in [0.717, 1.165) is 46.8 Å². The van der Waals surface area contributed by atoms with Crippen molar-refractivity contribution in [3.05, 3.63) is 72.0 Å². The number of carbonyl (C=O) groups excluding carboxylic acids is 1. The normalized spacial score (nSPS) is 19.9. The lowest BCUT2D eigenvalue weighted by molar-refractivity contribution is -0.118. The zero-order valence-corrected chi connectivity index (χ0v) is 15.6. The molecule has 0 radical (unpaired) electrons. The molecule has 0 fully saturated rings. The number of nitrogens with zero attached hydrogens (tertiary/aromatic N) is 1. The largest absolute Gasteiger partial charge is 0.383 e. The number of hydrogen-bond donors (Lipinski definition) is 3. The van der Waals surface area contributed by atoms with Crippen molar-refractivity contribution in [2.75, 3.05) is 18.0 Å². The Hall–Kier alpha value is -2.79. The summed E-state index contributed by atoms with van der Waals surface area (Å²) < 4.78 is 0. The Balaban J connectivity index is 2.83. The number of rotatable bonds is 7. The summed E-state index contributed by atoms with van der Waals surface area (Å²) in [5.41, 5.74) is 7.92. The molecule has 1 aliphatic heterocycles. The highest BCUT2D eigenvalue weighted by atomic mass is 16.2. The molecule has 0 unspecified atom stereocenters. The summed E-state index contributed by atoms with van der Waals surface area (Å²) in [5.74, 6) is 5.98. The van der Waals surface area contributed by atoms with Crippen LogP contribution in [0.5, 0.6) is 0 Å². The second kappa shape index (κ2) is 9.06. The quantitative estimate of drug-likeness (QED) is 0.520. The predicted molar refractivity (Wildman–Crippen MR) is 109 cm³/mol. The number of hydrazine groups is 1. The van der Waals surface area contributed by atoms with Crippen molar-refractivity contribution in [2.45, 2.75) is 26.7 Å². The van der Waals surface area contributed by atoms with Crippen LogP contribution in [0, 0.1) is 0 Å². The maximum absolute atomic E-state index is 12.8. The number of fused-ring (bicyclic) bond motifs is 1. The van der Waals surface area contributed by atoms with Crippen LogP contribution < -0.4 is 21.5 Å². The number of para-hydroxylation sites is 1. The van der Waals surface area contributed by atoms with Gasteiger partial charge in [0.15, 0.2) is 0 Å². The highest BCUT2D eigenvalue weighted by Gasteiger charge is 2.26. The zero-order valence-electron chi connectivity index (χ0n) is 15.6. The summed E-state index contributed by atoms with van der Waals surface area (Å²) in [4.78, 5) is 14.6. The van der Waals surface area contributed by atoms with Gasteiger partial charge in [0.25, 0.3) is 0 Å². The van der Waals surface area contributed by atoms with Crippen molar-refractivity contribution in [3.8, 4) is 0 Å². The highest BCUT2D eigenvalue weighted by Crippen LogP contribution is 2.34. The van der Waals surface area contributed by atoms with Crippen molar-refractivity contribution in [2.24, 2.45) is 5.84 Å². The average molecular weight is 352 g/mol. The fourth-order valence-electron chi connectivity index (χ4n) is 3.18. The number of nitrogens with two attached hydrogens (primary N) is 1. The van der Waals surface area contributed by atoms with Crippen LogP contribution in [0.1, 0.15) is 32.3 Å². The van der Waals surface area contributed by atoms with Gasteiger partial charge in [-0.15, -0.1) is 0 Å². The maximum atomic E-state index is 12.8. The third kappa shape index (κ3) is 3.73. The lowest BCUT2D eigenvalue weighted by atomic mass is 9.95. The minimum atomic E-state index is 0.0750. The minimum absolute atomic E-state index is 0.0750. The first-order valence-corrected chi connectivity index (χ1v) is 8.95. The molecule has 0 saturated carbocycles. The first-order valence-electron chi connectivity index (χ1n) is 8.95. The molecule has 1 aliphatic rings. The van der Waals surface area contributed by atoms with Crippen LogP contribution in [0.15, 0.2) is 66.4 Å². The van der Waals surface area contributed by atoms with E-state index in [1.54, 1.807) is 17.1 Å². The van der Waals surface area contributed by atoms with Gasteiger partial charge in [0.2, 0.25) is 5.91 Å². The third-order valence-electron chi connectivity index (χ3n) is 4.37. The summed E-state index contributed by atoms with van der Waals surface area (Å²) in [5, 5.41) is 3.39. The van der Waals surface area contributed by atoms with Gasteiger partial charge >= 0.3 is 0 Å². The molecule has 1 heterocycles. The second-order valence-corrected chi connectivity index (χ2v) is 6.02. The van der Waals surface area contributed by atoms with E-state index in [-0.39, 0.29) is 5.91 Å². The lowest BCUT2D eigenvalue weighted by Crippen LogP contribution is -2.37. The van der Waals surface area contributed by atoms with Crippen molar-refractivity contribution in [1.29, 1.82) is 0 Å². The molecule has 0 spiro atoms. The van der Waals surface area contributed by atoms with Crippen molar-refractivity contribution < 1.29 is 4.79 Å². The molecule has 138 valence electrons. The maximum Gasteiger partial charge on any atom is 0.227 e. The van der Waals surface area contributed by atoms with Gasteiger partial charge in [0.05, 0.1) is 23.6 Å². The Morgan fingerprint density at radius 3 is 2.54 bits per heavy atom. The predicted octanol–water partition coefficient (Wildman–Crippen LogP) is 3.24. The first kappa shape index (κ1) is 19.5. The Kier molecular flexibility index (Phi) is 6.81. The van der Waals surface area contributed by atoms with Gasteiger partial charge in [-0.05, 0) is 25.0 Å². The van der Waals surface area contributed by atoms with Gasteiger partial charge in [-0.1, -0.05) is 50.4 Å². The minimum Gasteiger partial charge on any atom is -0.383 e. The molecule has 1 aromatic rings. The van der Waals surface area contributed by atoms with Crippen LogP contribution >= 0.6 is 0 Å². The van der Waals surface area contributed by atoms with Gasteiger partial charge in [0.1, 0.15) is 0 Å². The molecule has 5 heteroatoms. The van der Waals surface area contributed by atoms with Crippen LogP contribution in [0.4, 0.5) is 5.69 Å². The van der Waals surface area contributed by atoms with Crippen LogP contribution in [0.3, 0.4) is 0 Å². The number of nitrogens with one attached hydrogen (secondary N) is 2. The molecule has 1 aromatic carbocycles. The van der Waals surface area contributed by atoms with Crippen LogP contribution in [-0.2, 0) is 4.79 Å². The van der Waals surface area contributed by atoms with Gasteiger partial charge in [-0.2, -0.15) is 0 Å². The molecule has 0 aromatic heterocycles. The summed E-state index contributed by atoms with van der Waals surface area (Å²) in [6.07, 6.45) is 4.84. The van der Waals surface area contributed by atoms with Gasteiger partial charge in [0, 0.05) is 24.1 Å². The molecule has 0 aliphatic carbocycles. The van der Waals surface area contributed by atoms with E-state index >= 15 is 0 Å². The number of allylic oxidation sites excluding steroid dienone is 1. The summed E-state index contributed by atoms with van der Waals surface area (Å²) >= 11 is 0. The number of hydrogen-bond acceptors (Lipinski definition) is 4. The number of anilines is 1. The molecule has 0 atom stereocenters. The van der Waals surface area contributed by atoms with E-state index < -0.39 is 0 Å². The number of carbonyl (C=O) groups is 1. The standard InChI is InChI=1S/C21H28N4O/c1-5-11-19(26)25-14-15(6-2)16(7-3)20(23-8-4)21(24-22)17-12-9-10-13-18(17)25/h6-7,9-10,12-13,23-24H,2-3,5,8,11,14,22H2,1,4H3/b16-15-,21-20-.